The Balaban J connectivity index is 2.02. The molecule has 1 aliphatic carbocycles. The maximum absolute atomic E-state index is 3.87. The Labute approximate surface area is 81.4 Å². The molecule has 0 bridgehead atoms. The average molecular weight is 185 g/mol. The normalized spacial score (nSPS) is 15.7. The van der Waals surface area contributed by atoms with Gasteiger partial charge < -0.3 is 0 Å². The first-order valence-electron chi connectivity index (χ1n) is 4.68. The van der Waals surface area contributed by atoms with Gasteiger partial charge in [-0.1, -0.05) is 6.07 Å². The highest BCUT2D eigenvalue weighted by atomic mass is 15.5. The fourth-order valence-electron chi connectivity index (χ4n) is 1.56. The van der Waals surface area contributed by atoms with Crippen molar-refractivity contribution in [1.29, 1.82) is 0 Å². The number of nitrogens with zero attached hydrogens (tertiary/aromatic N) is 3. The molecule has 0 amide bonds. The third-order valence-corrected chi connectivity index (χ3v) is 2.48. The van der Waals surface area contributed by atoms with E-state index in [1.165, 1.54) is 18.4 Å². The van der Waals surface area contributed by atoms with Gasteiger partial charge in [0, 0.05) is 5.56 Å². The van der Waals surface area contributed by atoms with Gasteiger partial charge in [0.05, 0.1) is 0 Å². The molecule has 1 saturated carbocycles. The first-order valence-corrected chi connectivity index (χ1v) is 4.68. The lowest BCUT2D eigenvalue weighted by atomic mass is 10.1. The second kappa shape index (κ2) is 2.90. The van der Waals surface area contributed by atoms with Crippen LogP contribution in [0.1, 0.15) is 24.3 Å². The average Bonchev–Trinajstić information content (AvgIpc) is 2.94. The van der Waals surface area contributed by atoms with Gasteiger partial charge in [0.1, 0.15) is 0 Å². The number of aromatic nitrogens is 4. The van der Waals surface area contributed by atoms with Crippen LogP contribution in [0.3, 0.4) is 0 Å². The minimum absolute atomic E-state index is 0.712. The fourth-order valence-corrected chi connectivity index (χ4v) is 1.56. The van der Waals surface area contributed by atoms with Crippen LogP contribution in [0.25, 0.3) is 11.4 Å². The highest BCUT2D eigenvalue weighted by Gasteiger charge is 2.23. The van der Waals surface area contributed by atoms with Gasteiger partial charge in [-0.2, -0.15) is 0 Å². The Bertz CT molecular complexity index is 431. The predicted octanol–water partition coefficient (Wildman–Crippen LogP) is 1.54. The molecule has 0 saturated heterocycles. The molecule has 1 fully saturated rings. The lowest BCUT2D eigenvalue weighted by Crippen LogP contribution is -1.84. The molecule has 1 N–H and O–H groups in total. The minimum Gasteiger partial charge on any atom is -0.239 e. The highest BCUT2D eigenvalue weighted by Crippen LogP contribution is 2.40. The Morgan fingerprint density at radius 3 is 3.00 bits per heavy atom. The zero-order valence-corrected chi connectivity index (χ0v) is 7.57. The van der Waals surface area contributed by atoms with Crippen molar-refractivity contribution in [2.45, 2.75) is 18.8 Å². The van der Waals surface area contributed by atoms with Crippen LogP contribution in [-0.4, -0.2) is 20.6 Å². The van der Waals surface area contributed by atoms with Gasteiger partial charge >= 0.3 is 0 Å². The van der Waals surface area contributed by atoms with Crippen LogP contribution >= 0.6 is 0 Å². The quantitative estimate of drug-likeness (QED) is 0.772. The summed E-state index contributed by atoms with van der Waals surface area (Å²) in [5, 5.41) is 13.7. The molecule has 4 nitrogen and oxygen atoms in total. The number of hydrogen-bond donors (Lipinski definition) is 1. The van der Waals surface area contributed by atoms with E-state index in [-0.39, 0.29) is 0 Å². The Hall–Kier alpha value is -1.71. The van der Waals surface area contributed by atoms with Gasteiger partial charge in [0.25, 0.3) is 0 Å². The second-order valence-corrected chi connectivity index (χ2v) is 3.58. The van der Waals surface area contributed by atoms with Crippen molar-refractivity contribution in [1.82, 2.24) is 20.6 Å². The number of rotatable bonds is 2. The van der Waals surface area contributed by atoms with E-state index in [1.807, 2.05) is 12.1 Å². The number of hydrogen-bond acceptors (Lipinski definition) is 3. The molecule has 1 aromatic heterocycles. The van der Waals surface area contributed by atoms with Gasteiger partial charge in [-0.05, 0) is 52.9 Å². The van der Waals surface area contributed by atoms with Gasteiger partial charge in [-0.25, -0.2) is 5.10 Å². The Morgan fingerprint density at radius 1 is 1.36 bits per heavy atom. The molecule has 3 rings (SSSR count). The monoisotopic (exact) mass is 185 g/mol. The first kappa shape index (κ1) is 7.67. The fraction of sp³-hybridized carbons (Fsp3) is 0.300. The van der Waals surface area contributed by atoms with Crippen molar-refractivity contribution in [3.8, 4) is 11.4 Å². The van der Waals surface area contributed by atoms with Crippen molar-refractivity contribution in [2.75, 3.05) is 0 Å². The third-order valence-electron chi connectivity index (χ3n) is 2.48. The topological polar surface area (TPSA) is 54.5 Å². The number of aromatic amines is 1. The van der Waals surface area contributed by atoms with Crippen molar-refractivity contribution < 1.29 is 0 Å². The van der Waals surface area contributed by atoms with Crippen molar-refractivity contribution in [3.05, 3.63) is 29.8 Å². The van der Waals surface area contributed by atoms with Crippen LogP contribution in [-0.2, 0) is 0 Å². The molecule has 1 heterocycles. The van der Waals surface area contributed by atoms with E-state index in [2.05, 4.69) is 32.8 Å². The van der Waals surface area contributed by atoms with Crippen LogP contribution in [0.2, 0.25) is 0 Å². The summed E-state index contributed by atoms with van der Waals surface area (Å²) >= 11 is 0. The summed E-state index contributed by atoms with van der Waals surface area (Å²) in [5.41, 5.74) is 2.36. The smallest absolute Gasteiger partial charge is 0.179 e. The molecule has 0 spiro atoms. The van der Waals surface area contributed by atoms with Gasteiger partial charge in [0.2, 0.25) is 0 Å². The Morgan fingerprint density at radius 2 is 2.29 bits per heavy atom. The predicted molar refractivity (Wildman–Crippen MR) is 50.4 cm³/mol. The lowest BCUT2D eigenvalue weighted by Gasteiger charge is -1.99. The highest BCUT2D eigenvalue weighted by molar-refractivity contribution is 5.55. The minimum atomic E-state index is 0.712. The van der Waals surface area contributed by atoms with Crippen LogP contribution in [0.5, 0.6) is 0 Å². The molecule has 14 heavy (non-hydrogen) atoms. The Kier molecular flexibility index (Phi) is 1.59. The lowest BCUT2D eigenvalue weighted by molar-refractivity contribution is 0.881. The summed E-state index contributed by atoms with van der Waals surface area (Å²) in [6.07, 6.45) is 2.60. The van der Waals surface area contributed by atoms with E-state index in [0.29, 0.717) is 5.82 Å². The standard InChI is InChI=1S/C10H9N4/c1-2-8(7-4-5-7)6-9(3-1)10-11-13-14-12-10/h2-3,6-7H,4-5H2,(H,11,12,13,14). The largest absolute Gasteiger partial charge is 0.239 e. The molecule has 4 heteroatoms. The molecular formula is C10H9N4. The molecule has 0 aliphatic heterocycles. The van der Waals surface area contributed by atoms with Crippen LogP contribution in [0.4, 0.5) is 0 Å². The summed E-state index contributed by atoms with van der Waals surface area (Å²) in [4.78, 5) is 0. The molecule has 1 aliphatic rings. The summed E-state index contributed by atoms with van der Waals surface area (Å²) in [6, 6.07) is 9.20. The molecule has 2 aromatic rings. The first-order chi connectivity index (χ1) is 6.93. The van der Waals surface area contributed by atoms with Crippen molar-refractivity contribution in [3.63, 3.8) is 0 Å². The van der Waals surface area contributed by atoms with E-state index >= 15 is 0 Å². The summed E-state index contributed by atoms with van der Waals surface area (Å²) in [7, 11) is 0. The van der Waals surface area contributed by atoms with Crippen molar-refractivity contribution in [2.24, 2.45) is 0 Å². The summed E-state index contributed by atoms with van der Waals surface area (Å²) < 4.78 is 0. The van der Waals surface area contributed by atoms with Crippen LogP contribution in [0.15, 0.2) is 18.2 Å². The van der Waals surface area contributed by atoms with E-state index in [1.54, 1.807) is 0 Å². The molecule has 69 valence electrons. The number of tetrazole rings is 1. The molecule has 1 radical (unpaired) electrons. The SMILES string of the molecule is [c]1cc(-c2nnn[nH]2)cc(C2CC2)c1. The zero-order chi connectivity index (χ0) is 9.38. The van der Waals surface area contributed by atoms with Crippen LogP contribution in [0, 0.1) is 6.07 Å². The van der Waals surface area contributed by atoms with Gasteiger partial charge in [-0.3, -0.25) is 0 Å². The van der Waals surface area contributed by atoms with Crippen molar-refractivity contribution >= 4 is 0 Å². The van der Waals surface area contributed by atoms with E-state index in [0.717, 1.165) is 11.5 Å². The summed E-state index contributed by atoms with van der Waals surface area (Å²) in [5.74, 6) is 1.45. The van der Waals surface area contributed by atoms with Gasteiger partial charge in [-0.15, -0.1) is 5.10 Å². The molecule has 0 unspecified atom stereocenters. The summed E-state index contributed by atoms with van der Waals surface area (Å²) in [6.45, 7) is 0. The number of H-pyrrole nitrogens is 1. The molecule has 0 atom stereocenters. The zero-order valence-electron chi connectivity index (χ0n) is 7.57. The van der Waals surface area contributed by atoms with Gasteiger partial charge in [0.15, 0.2) is 5.82 Å². The second-order valence-electron chi connectivity index (χ2n) is 3.58. The maximum Gasteiger partial charge on any atom is 0.179 e. The van der Waals surface area contributed by atoms with E-state index in [4.69, 9.17) is 0 Å². The van der Waals surface area contributed by atoms with Crippen LogP contribution < -0.4 is 0 Å². The third kappa shape index (κ3) is 1.28. The van der Waals surface area contributed by atoms with E-state index in [9.17, 15) is 0 Å². The molecular weight excluding hydrogens is 176 g/mol. The number of nitrogens with one attached hydrogen (secondary N) is 1. The van der Waals surface area contributed by atoms with E-state index < -0.39 is 0 Å². The number of benzene rings is 1. The molecule has 1 aromatic carbocycles. The maximum atomic E-state index is 3.87.